The maximum absolute atomic E-state index is 11.9. The van der Waals surface area contributed by atoms with Crippen molar-refractivity contribution in [2.75, 3.05) is 0 Å². The largest absolute Gasteiger partial charge is 0.393 e. The van der Waals surface area contributed by atoms with Crippen molar-refractivity contribution < 1.29 is 9.90 Å². The molecule has 0 unspecified atom stereocenters. The number of rotatable bonds is 7. The van der Waals surface area contributed by atoms with E-state index in [2.05, 4.69) is 22.4 Å². The van der Waals surface area contributed by atoms with E-state index in [-0.39, 0.29) is 18.1 Å². The molecule has 5 heteroatoms. The van der Waals surface area contributed by atoms with Crippen molar-refractivity contribution in [3.05, 3.63) is 18.0 Å². The Balaban J connectivity index is 1.65. The molecule has 1 saturated carbocycles. The molecular formula is C14H23N3O2. The number of nitrogens with zero attached hydrogens (tertiary/aromatic N) is 1. The summed E-state index contributed by atoms with van der Waals surface area (Å²) in [5, 5.41) is 19.1. The summed E-state index contributed by atoms with van der Waals surface area (Å²) in [6, 6.07) is 0.227. The normalized spacial score (nSPS) is 23.7. The third-order valence-electron chi connectivity index (χ3n) is 3.93. The number of H-pyrrole nitrogens is 1. The van der Waals surface area contributed by atoms with Crippen LogP contribution in [0.15, 0.2) is 12.4 Å². The monoisotopic (exact) mass is 265 g/mol. The fourth-order valence-corrected chi connectivity index (χ4v) is 2.66. The third kappa shape index (κ3) is 4.06. The van der Waals surface area contributed by atoms with Gasteiger partial charge in [-0.05, 0) is 43.6 Å². The zero-order valence-electron chi connectivity index (χ0n) is 11.4. The summed E-state index contributed by atoms with van der Waals surface area (Å²) >= 11 is 0. The van der Waals surface area contributed by atoms with Crippen LogP contribution in [0.2, 0.25) is 0 Å². The average molecular weight is 265 g/mol. The second-order valence-electron chi connectivity index (χ2n) is 5.43. The Kier molecular flexibility index (Phi) is 4.96. The lowest BCUT2D eigenvalue weighted by atomic mass is 9.76. The molecule has 0 aromatic carbocycles. The Hall–Kier alpha value is -1.36. The molecule has 2 rings (SSSR count). The van der Waals surface area contributed by atoms with Crippen molar-refractivity contribution in [3.63, 3.8) is 0 Å². The van der Waals surface area contributed by atoms with E-state index < -0.39 is 0 Å². The second-order valence-corrected chi connectivity index (χ2v) is 5.43. The zero-order chi connectivity index (χ0) is 13.7. The van der Waals surface area contributed by atoms with Crippen molar-refractivity contribution in [2.24, 2.45) is 5.92 Å². The molecule has 0 bridgehead atoms. The number of aliphatic hydroxyl groups is 1. The van der Waals surface area contributed by atoms with E-state index >= 15 is 0 Å². The van der Waals surface area contributed by atoms with Gasteiger partial charge in [0.15, 0.2) is 0 Å². The van der Waals surface area contributed by atoms with Crippen LogP contribution in [-0.4, -0.2) is 33.4 Å². The van der Waals surface area contributed by atoms with E-state index in [0.717, 1.165) is 37.7 Å². The van der Waals surface area contributed by atoms with E-state index in [0.29, 0.717) is 12.3 Å². The number of aromatic amines is 1. The standard InChI is InChI=1S/C14H23N3O2/c1-2-13(11-6-12(18)7-11)17-14(19)5-3-4-10-8-15-16-9-10/h8-9,11-13,18H,2-7H2,1H3,(H,15,16)(H,17,19)/t11?,12?,13-/m0/s1. The molecule has 5 nitrogen and oxygen atoms in total. The molecule has 1 aliphatic carbocycles. The third-order valence-corrected chi connectivity index (χ3v) is 3.93. The maximum atomic E-state index is 11.9. The lowest BCUT2D eigenvalue weighted by Gasteiger charge is -2.37. The lowest BCUT2D eigenvalue weighted by Crippen LogP contribution is -2.46. The van der Waals surface area contributed by atoms with Gasteiger partial charge in [-0.3, -0.25) is 9.89 Å². The minimum atomic E-state index is -0.156. The molecule has 0 saturated heterocycles. The predicted molar refractivity (Wildman–Crippen MR) is 72.5 cm³/mol. The van der Waals surface area contributed by atoms with Crippen LogP contribution >= 0.6 is 0 Å². The number of aryl methyl sites for hydroxylation is 1. The first-order valence-electron chi connectivity index (χ1n) is 7.14. The Morgan fingerprint density at radius 2 is 2.42 bits per heavy atom. The minimum absolute atomic E-state index is 0.122. The van der Waals surface area contributed by atoms with Crippen LogP contribution in [-0.2, 0) is 11.2 Å². The van der Waals surface area contributed by atoms with Crippen molar-refractivity contribution in [1.29, 1.82) is 0 Å². The number of aliphatic hydroxyl groups excluding tert-OH is 1. The first-order chi connectivity index (χ1) is 9.19. The first-order valence-corrected chi connectivity index (χ1v) is 7.14. The fourth-order valence-electron chi connectivity index (χ4n) is 2.66. The van der Waals surface area contributed by atoms with Gasteiger partial charge in [-0.2, -0.15) is 5.10 Å². The van der Waals surface area contributed by atoms with E-state index in [9.17, 15) is 9.90 Å². The Morgan fingerprint density at radius 1 is 1.63 bits per heavy atom. The van der Waals surface area contributed by atoms with Crippen LogP contribution in [0.4, 0.5) is 0 Å². The highest BCUT2D eigenvalue weighted by atomic mass is 16.3. The number of aromatic nitrogens is 2. The van der Waals surface area contributed by atoms with Crippen LogP contribution in [0.3, 0.4) is 0 Å². The van der Waals surface area contributed by atoms with Gasteiger partial charge < -0.3 is 10.4 Å². The summed E-state index contributed by atoms with van der Waals surface area (Å²) in [7, 11) is 0. The molecule has 0 aliphatic heterocycles. The summed E-state index contributed by atoms with van der Waals surface area (Å²) in [5.41, 5.74) is 1.14. The number of carbonyl (C=O) groups is 1. The van der Waals surface area contributed by atoms with Crippen LogP contribution in [0.25, 0.3) is 0 Å². The summed E-state index contributed by atoms with van der Waals surface area (Å²) in [6.07, 6.45) is 8.36. The molecule has 106 valence electrons. The number of nitrogens with one attached hydrogen (secondary N) is 2. The maximum Gasteiger partial charge on any atom is 0.220 e. The van der Waals surface area contributed by atoms with Crippen LogP contribution in [0.1, 0.15) is 44.6 Å². The van der Waals surface area contributed by atoms with E-state index in [4.69, 9.17) is 0 Å². The SMILES string of the molecule is CC[C@H](NC(=O)CCCc1cn[nH]c1)C1CC(O)C1. The molecule has 1 fully saturated rings. The molecule has 1 aliphatic rings. The van der Waals surface area contributed by atoms with Crippen LogP contribution in [0.5, 0.6) is 0 Å². The average Bonchev–Trinajstić information content (AvgIpc) is 2.85. The lowest BCUT2D eigenvalue weighted by molar-refractivity contribution is -0.123. The van der Waals surface area contributed by atoms with E-state index in [1.807, 2.05) is 6.20 Å². The van der Waals surface area contributed by atoms with Gasteiger partial charge in [0.2, 0.25) is 5.91 Å². The Morgan fingerprint density at radius 3 is 3.00 bits per heavy atom. The van der Waals surface area contributed by atoms with E-state index in [1.165, 1.54) is 0 Å². The highest BCUT2D eigenvalue weighted by Gasteiger charge is 2.33. The van der Waals surface area contributed by atoms with Crippen molar-refractivity contribution >= 4 is 5.91 Å². The Labute approximate surface area is 113 Å². The van der Waals surface area contributed by atoms with Gasteiger partial charge in [0.1, 0.15) is 0 Å². The molecule has 3 N–H and O–H groups in total. The molecular weight excluding hydrogens is 242 g/mol. The molecule has 1 aromatic heterocycles. The van der Waals surface area contributed by atoms with Crippen LogP contribution < -0.4 is 5.32 Å². The molecule has 1 amide bonds. The molecule has 1 aromatic rings. The summed E-state index contributed by atoms with van der Waals surface area (Å²) in [6.45, 7) is 2.08. The summed E-state index contributed by atoms with van der Waals surface area (Å²) in [5.74, 6) is 0.578. The van der Waals surface area contributed by atoms with E-state index in [1.54, 1.807) is 6.20 Å². The highest BCUT2D eigenvalue weighted by Crippen LogP contribution is 2.31. The van der Waals surface area contributed by atoms with Crippen LogP contribution in [0, 0.1) is 5.92 Å². The predicted octanol–water partition coefficient (Wildman–Crippen LogP) is 1.40. The van der Waals surface area contributed by atoms with Gasteiger partial charge in [0, 0.05) is 18.7 Å². The number of amides is 1. The first kappa shape index (κ1) is 14.1. The smallest absolute Gasteiger partial charge is 0.220 e. The molecule has 1 atom stereocenters. The minimum Gasteiger partial charge on any atom is -0.393 e. The van der Waals surface area contributed by atoms with Crippen molar-refractivity contribution in [1.82, 2.24) is 15.5 Å². The second kappa shape index (κ2) is 6.70. The highest BCUT2D eigenvalue weighted by molar-refractivity contribution is 5.76. The number of carbonyl (C=O) groups excluding carboxylic acids is 1. The topological polar surface area (TPSA) is 78.0 Å². The number of hydrogen-bond acceptors (Lipinski definition) is 3. The number of hydrogen-bond donors (Lipinski definition) is 3. The van der Waals surface area contributed by atoms with Gasteiger partial charge >= 0.3 is 0 Å². The van der Waals surface area contributed by atoms with Crippen molar-refractivity contribution in [3.8, 4) is 0 Å². The molecule has 0 spiro atoms. The Bertz CT molecular complexity index is 385. The molecule has 0 radical (unpaired) electrons. The van der Waals surface area contributed by atoms with Gasteiger partial charge in [0.05, 0.1) is 12.3 Å². The zero-order valence-corrected chi connectivity index (χ0v) is 11.4. The fraction of sp³-hybridized carbons (Fsp3) is 0.714. The van der Waals surface area contributed by atoms with Gasteiger partial charge in [-0.25, -0.2) is 0 Å². The van der Waals surface area contributed by atoms with Gasteiger partial charge in [0.25, 0.3) is 0 Å². The summed E-state index contributed by atoms with van der Waals surface area (Å²) < 4.78 is 0. The molecule has 1 heterocycles. The quantitative estimate of drug-likeness (QED) is 0.697. The van der Waals surface area contributed by atoms with Gasteiger partial charge in [-0.1, -0.05) is 6.92 Å². The van der Waals surface area contributed by atoms with Crippen molar-refractivity contribution in [2.45, 2.75) is 57.6 Å². The molecule has 19 heavy (non-hydrogen) atoms. The van der Waals surface area contributed by atoms with Gasteiger partial charge in [-0.15, -0.1) is 0 Å². The summed E-state index contributed by atoms with van der Waals surface area (Å²) in [4.78, 5) is 11.9.